The predicted octanol–water partition coefficient (Wildman–Crippen LogP) is 1.79. The van der Waals surface area contributed by atoms with Gasteiger partial charge in [-0.05, 0) is 49.4 Å². The van der Waals surface area contributed by atoms with Crippen LogP contribution in [0.25, 0.3) is 17.0 Å². The molecule has 3 aromatic rings. The zero-order valence-corrected chi connectivity index (χ0v) is 13.4. The Morgan fingerprint density at radius 3 is 3.00 bits per heavy atom. The van der Waals surface area contributed by atoms with Crippen molar-refractivity contribution in [1.29, 1.82) is 0 Å². The fourth-order valence-electron chi connectivity index (χ4n) is 3.28. The van der Waals surface area contributed by atoms with Gasteiger partial charge in [0.1, 0.15) is 5.82 Å². The van der Waals surface area contributed by atoms with Crippen molar-refractivity contribution in [3.8, 4) is 11.4 Å². The van der Waals surface area contributed by atoms with Gasteiger partial charge in [-0.2, -0.15) is 4.52 Å². The van der Waals surface area contributed by atoms with E-state index in [-0.39, 0.29) is 6.61 Å². The Bertz CT molecular complexity index is 818. The highest BCUT2D eigenvalue weighted by molar-refractivity contribution is 5.58. The van der Waals surface area contributed by atoms with Crippen LogP contribution in [-0.4, -0.2) is 49.6 Å². The number of pyridine rings is 1. The fraction of sp³-hybridized carbons (Fsp3) is 0.412. The van der Waals surface area contributed by atoms with E-state index in [1.54, 1.807) is 16.9 Å². The molecule has 0 bridgehead atoms. The summed E-state index contributed by atoms with van der Waals surface area (Å²) in [6, 6.07) is 7.80. The molecule has 0 amide bonds. The Balaban J connectivity index is 1.62. The summed E-state index contributed by atoms with van der Waals surface area (Å²) in [6.07, 6.45) is 6.61. The maximum Gasteiger partial charge on any atom is 0.187 e. The topological polar surface area (TPSA) is 79.4 Å². The molecule has 1 saturated heterocycles. The Labute approximate surface area is 140 Å². The third-order valence-electron chi connectivity index (χ3n) is 4.55. The van der Waals surface area contributed by atoms with Crippen molar-refractivity contribution in [2.24, 2.45) is 5.92 Å². The second kappa shape index (κ2) is 6.52. The third-order valence-corrected chi connectivity index (χ3v) is 4.55. The van der Waals surface area contributed by atoms with Crippen LogP contribution in [-0.2, 0) is 0 Å². The van der Waals surface area contributed by atoms with Crippen molar-refractivity contribution in [3.63, 3.8) is 0 Å². The van der Waals surface area contributed by atoms with Gasteiger partial charge >= 0.3 is 0 Å². The Morgan fingerprint density at radius 2 is 2.17 bits per heavy atom. The molecule has 0 spiro atoms. The Hall–Kier alpha value is -2.54. The second-order valence-corrected chi connectivity index (χ2v) is 6.19. The van der Waals surface area contributed by atoms with Crippen LogP contribution < -0.4 is 4.90 Å². The van der Waals surface area contributed by atoms with Crippen molar-refractivity contribution >= 4 is 11.5 Å². The van der Waals surface area contributed by atoms with Gasteiger partial charge in [-0.15, -0.1) is 15.3 Å². The van der Waals surface area contributed by atoms with Crippen LogP contribution in [0.5, 0.6) is 0 Å². The number of nitrogens with zero attached hydrogens (tertiary/aromatic N) is 6. The van der Waals surface area contributed by atoms with Crippen LogP contribution in [0.3, 0.4) is 0 Å². The van der Waals surface area contributed by atoms with Crippen LogP contribution in [0.15, 0.2) is 36.7 Å². The molecule has 4 heterocycles. The first-order valence-corrected chi connectivity index (χ1v) is 8.34. The maximum absolute atomic E-state index is 8.99. The van der Waals surface area contributed by atoms with E-state index in [9.17, 15) is 0 Å². The fourth-order valence-corrected chi connectivity index (χ4v) is 3.28. The average molecular weight is 324 g/mol. The highest BCUT2D eigenvalue weighted by Crippen LogP contribution is 2.26. The number of rotatable bonds is 5. The summed E-state index contributed by atoms with van der Waals surface area (Å²) in [5, 5.41) is 22.2. The number of aromatic nitrogens is 5. The van der Waals surface area contributed by atoms with E-state index in [4.69, 9.17) is 10.2 Å². The van der Waals surface area contributed by atoms with Crippen LogP contribution in [0.1, 0.15) is 19.3 Å². The first-order chi connectivity index (χ1) is 11.8. The van der Waals surface area contributed by atoms with Gasteiger partial charge in [0.25, 0.3) is 0 Å². The molecule has 0 aliphatic carbocycles. The van der Waals surface area contributed by atoms with E-state index < -0.39 is 0 Å². The average Bonchev–Trinajstić information content (AvgIpc) is 3.27. The summed E-state index contributed by atoms with van der Waals surface area (Å²) in [6.45, 7) is 2.26. The van der Waals surface area contributed by atoms with Gasteiger partial charge < -0.3 is 10.0 Å². The van der Waals surface area contributed by atoms with E-state index in [2.05, 4.69) is 20.1 Å². The van der Waals surface area contributed by atoms with Gasteiger partial charge in [-0.1, -0.05) is 0 Å². The third kappa shape index (κ3) is 2.82. The molecule has 3 aromatic heterocycles. The normalized spacial score (nSPS) is 17.7. The van der Waals surface area contributed by atoms with Gasteiger partial charge in [-0.3, -0.25) is 4.98 Å². The van der Waals surface area contributed by atoms with Crippen LogP contribution in [0, 0.1) is 5.92 Å². The van der Waals surface area contributed by atoms with Crippen molar-refractivity contribution in [1.82, 2.24) is 24.8 Å². The highest BCUT2D eigenvalue weighted by Gasteiger charge is 2.23. The molecule has 1 fully saturated rings. The molecule has 0 saturated carbocycles. The number of aliphatic hydroxyl groups is 1. The zero-order valence-electron chi connectivity index (χ0n) is 13.4. The molecule has 1 aliphatic rings. The van der Waals surface area contributed by atoms with E-state index in [0.717, 1.165) is 49.4 Å². The first kappa shape index (κ1) is 15.0. The standard InChI is InChI=1S/C17H20N6O/c24-10-2-3-13-7-9-22(12-13)16-6-5-15-19-20-17(23(15)21-16)14-4-1-8-18-11-14/h1,4-6,8,11,13,24H,2-3,7,9-10,12H2. The van der Waals surface area contributed by atoms with Crippen molar-refractivity contribution in [3.05, 3.63) is 36.7 Å². The first-order valence-electron chi connectivity index (χ1n) is 8.34. The van der Waals surface area contributed by atoms with E-state index in [1.165, 1.54) is 0 Å². The molecule has 1 atom stereocenters. The molecule has 0 aromatic carbocycles. The minimum atomic E-state index is 0.274. The van der Waals surface area contributed by atoms with E-state index in [0.29, 0.717) is 11.7 Å². The summed E-state index contributed by atoms with van der Waals surface area (Å²) in [4.78, 5) is 6.45. The lowest BCUT2D eigenvalue weighted by Crippen LogP contribution is -2.21. The van der Waals surface area contributed by atoms with Crippen molar-refractivity contribution < 1.29 is 5.11 Å². The monoisotopic (exact) mass is 324 g/mol. The van der Waals surface area contributed by atoms with Crippen molar-refractivity contribution in [2.75, 3.05) is 24.6 Å². The number of hydrogen-bond acceptors (Lipinski definition) is 6. The molecule has 124 valence electrons. The zero-order chi connectivity index (χ0) is 16.4. The van der Waals surface area contributed by atoms with Gasteiger partial charge in [0, 0.05) is 37.7 Å². The molecule has 1 aliphatic heterocycles. The smallest absolute Gasteiger partial charge is 0.187 e. The molecular weight excluding hydrogens is 304 g/mol. The van der Waals surface area contributed by atoms with Crippen molar-refractivity contribution in [2.45, 2.75) is 19.3 Å². The van der Waals surface area contributed by atoms with Crippen LogP contribution in [0.2, 0.25) is 0 Å². The molecule has 24 heavy (non-hydrogen) atoms. The second-order valence-electron chi connectivity index (χ2n) is 6.19. The van der Waals surface area contributed by atoms with Gasteiger partial charge in [-0.25, -0.2) is 0 Å². The lowest BCUT2D eigenvalue weighted by Gasteiger charge is -2.17. The molecular formula is C17H20N6O. The number of hydrogen-bond donors (Lipinski definition) is 1. The molecule has 1 unspecified atom stereocenters. The number of fused-ring (bicyclic) bond motifs is 1. The quantitative estimate of drug-likeness (QED) is 0.771. The SMILES string of the molecule is OCCCC1CCN(c2ccc3nnc(-c4cccnc4)n3n2)C1. The lowest BCUT2D eigenvalue weighted by atomic mass is 10.0. The summed E-state index contributed by atoms with van der Waals surface area (Å²) in [5.41, 5.74) is 1.63. The minimum absolute atomic E-state index is 0.274. The summed E-state index contributed by atoms with van der Waals surface area (Å²) in [7, 11) is 0. The maximum atomic E-state index is 8.99. The molecule has 7 heteroatoms. The van der Waals surface area contributed by atoms with Crippen LogP contribution >= 0.6 is 0 Å². The van der Waals surface area contributed by atoms with E-state index >= 15 is 0 Å². The largest absolute Gasteiger partial charge is 0.396 e. The molecule has 0 radical (unpaired) electrons. The van der Waals surface area contributed by atoms with Gasteiger partial charge in [0.15, 0.2) is 11.5 Å². The number of anilines is 1. The summed E-state index contributed by atoms with van der Waals surface area (Å²) < 4.78 is 1.79. The molecule has 1 N–H and O–H groups in total. The van der Waals surface area contributed by atoms with Crippen LogP contribution in [0.4, 0.5) is 5.82 Å². The van der Waals surface area contributed by atoms with Gasteiger partial charge in [0.05, 0.1) is 0 Å². The molecule has 7 nitrogen and oxygen atoms in total. The lowest BCUT2D eigenvalue weighted by molar-refractivity contribution is 0.274. The summed E-state index contributed by atoms with van der Waals surface area (Å²) in [5.74, 6) is 2.28. The minimum Gasteiger partial charge on any atom is -0.396 e. The van der Waals surface area contributed by atoms with E-state index in [1.807, 2.05) is 24.3 Å². The summed E-state index contributed by atoms with van der Waals surface area (Å²) >= 11 is 0. The molecule has 4 rings (SSSR count). The highest BCUT2D eigenvalue weighted by atomic mass is 16.2. The Morgan fingerprint density at radius 1 is 1.21 bits per heavy atom. The Kier molecular flexibility index (Phi) is 4.08. The number of aliphatic hydroxyl groups excluding tert-OH is 1. The predicted molar refractivity (Wildman–Crippen MR) is 90.7 cm³/mol. The van der Waals surface area contributed by atoms with Gasteiger partial charge in [0.2, 0.25) is 0 Å².